The van der Waals surface area contributed by atoms with E-state index < -0.39 is 0 Å². The van der Waals surface area contributed by atoms with Crippen LogP contribution in [0.25, 0.3) is 33.0 Å². The number of rotatable bonds is 4. The number of nitrogens with zero attached hydrogens (tertiary/aromatic N) is 1. The molecule has 1 nitrogen and oxygen atoms in total. The van der Waals surface area contributed by atoms with Gasteiger partial charge in [-0.25, -0.2) is 0 Å². The van der Waals surface area contributed by atoms with Gasteiger partial charge in [-0.05, 0) is 159 Å². The Balaban J connectivity index is 1.01. The average Bonchev–Trinajstić information content (AvgIpc) is 3.81. The highest BCUT2D eigenvalue weighted by molar-refractivity contribution is 5.99. The van der Waals surface area contributed by atoms with Gasteiger partial charge in [0.15, 0.2) is 0 Å². The molecule has 0 aromatic heterocycles. The molecule has 6 aliphatic carbocycles. The Bertz CT molecular complexity index is 2510. The summed E-state index contributed by atoms with van der Waals surface area (Å²) in [6.45, 7) is 9.69. The van der Waals surface area contributed by atoms with Gasteiger partial charge in [0.2, 0.25) is 0 Å². The first-order chi connectivity index (χ1) is 25.7. The molecule has 0 aliphatic heterocycles. The first kappa shape index (κ1) is 30.8. The van der Waals surface area contributed by atoms with E-state index in [9.17, 15) is 0 Å². The van der Waals surface area contributed by atoms with Crippen LogP contribution in [0.3, 0.4) is 0 Å². The lowest BCUT2D eigenvalue weighted by Crippen LogP contribution is -2.73. The van der Waals surface area contributed by atoms with Crippen molar-refractivity contribution >= 4 is 27.8 Å². The molecule has 0 amide bonds. The average molecular weight is 688 g/mol. The van der Waals surface area contributed by atoms with E-state index in [1.807, 2.05) is 0 Å². The molecule has 6 aliphatic rings. The summed E-state index contributed by atoms with van der Waals surface area (Å²) in [7, 11) is 0. The second-order valence-electron chi connectivity index (χ2n) is 19.2. The van der Waals surface area contributed by atoms with E-state index in [2.05, 4.69) is 160 Å². The highest BCUT2D eigenvalue weighted by Crippen LogP contribution is 2.89. The van der Waals surface area contributed by atoms with Crippen molar-refractivity contribution in [1.29, 1.82) is 0 Å². The van der Waals surface area contributed by atoms with Gasteiger partial charge >= 0.3 is 0 Å². The molecule has 53 heavy (non-hydrogen) atoms. The van der Waals surface area contributed by atoms with Crippen molar-refractivity contribution in [2.75, 3.05) is 4.90 Å². The molecule has 1 heteroatoms. The minimum atomic E-state index is 0.177. The molecule has 0 N–H and O–H groups in total. The molecule has 12 rings (SSSR count). The highest BCUT2D eigenvalue weighted by Gasteiger charge is 2.84. The lowest BCUT2D eigenvalue weighted by molar-refractivity contribution is -0.231. The van der Waals surface area contributed by atoms with Gasteiger partial charge in [-0.15, -0.1) is 0 Å². The molecular weight excluding hydrogens is 639 g/mol. The van der Waals surface area contributed by atoms with Crippen LogP contribution in [0.1, 0.15) is 88.5 Å². The van der Waals surface area contributed by atoms with Gasteiger partial charge in [0.25, 0.3) is 0 Å². The lowest BCUT2D eigenvalue weighted by Gasteiger charge is -2.76. The maximum absolute atomic E-state index is 2.64. The minimum Gasteiger partial charge on any atom is -0.310 e. The van der Waals surface area contributed by atoms with Gasteiger partial charge in [0.1, 0.15) is 0 Å². The monoisotopic (exact) mass is 687 g/mol. The Morgan fingerprint density at radius 1 is 0.528 bits per heavy atom. The maximum Gasteiger partial charge on any atom is 0.0540 e. The fourth-order valence-electron chi connectivity index (χ4n) is 13.9. The van der Waals surface area contributed by atoms with Gasteiger partial charge in [-0.3, -0.25) is 0 Å². The molecule has 0 saturated heterocycles. The molecular formula is C52H49N. The molecule has 2 spiro atoms. The molecule has 0 radical (unpaired) electrons. The van der Waals surface area contributed by atoms with Crippen molar-refractivity contribution in [3.05, 3.63) is 150 Å². The normalized spacial score (nSPS) is 29.9. The van der Waals surface area contributed by atoms with Crippen LogP contribution in [0.5, 0.6) is 0 Å². The number of anilines is 3. The van der Waals surface area contributed by atoms with E-state index in [-0.39, 0.29) is 16.2 Å². The van der Waals surface area contributed by atoms with Gasteiger partial charge in [-0.1, -0.05) is 125 Å². The highest BCUT2D eigenvalue weighted by atomic mass is 15.1. The molecule has 4 saturated carbocycles. The first-order valence-electron chi connectivity index (χ1n) is 20.5. The zero-order valence-electron chi connectivity index (χ0n) is 31.6. The van der Waals surface area contributed by atoms with Gasteiger partial charge in [0, 0.05) is 22.2 Å². The molecule has 6 aromatic carbocycles. The predicted molar refractivity (Wildman–Crippen MR) is 220 cm³/mol. The third kappa shape index (κ3) is 3.75. The predicted octanol–water partition coefficient (Wildman–Crippen LogP) is 13.7. The molecule has 6 aromatic rings. The van der Waals surface area contributed by atoms with Crippen LogP contribution >= 0.6 is 0 Å². The van der Waals surface area contributed by atoms with Crippen molar-refractivity contribution in [3.8, 4) is 22.3 Å². The van der Waals surface area contributed by atoms with Crippen LogP contribution in [-0.2, 0) is 16.2 Å². The zero-order valence-corrected chi connectivity index (χ0v) is 31.6. The van der Waals surface area contributed by atoms with Gasteiger partial charge in [-0.2, -0.15) is 0 Å². The summed E-state index contributed by atoms with van der Waals surface area (Å²) in [5, 5.41) is 2.56. The van der Waals surface area contributed by atoms with Crippen LogP contribution < -0.4 is 4.90 Å². The molecule has 262 valence electrons. The van der Waals surface area contributed by atoms with Crippen LogP contribution in [0, 0.1) is 29.1 Å². The number of fused-ring (bicyclic) bond motifs is 10. The minimum absolute atomic E-state index is 0.177. The summed E-state index contributed by atoms with van der Waals surface area (Å²) >= 11 is 0. The van der Waals surface area contributed by atoms with Crippen molar-refractivity contribution in [1.82, 2.24) is 0 Å². The largest absolute Gasteiger partial charge is 0.310 e. The third-order valence-electron chi connectivity index (χ3n) is 16.2. The SMILES string of the molecule is CC1(C)CCC(C)(C)c2cc(-c3ccc(N(c4ccc5c(c4)C4(c6ccccc6-5)C5CC6CC7CC4C75C6)c4cccc5ccccc45)cc3)ccc21. The van der Waals surface area contributed by atoms with E-state index in [0.29, 0.717) is 5.41 Å². The Labute approximate surface area is 315 Å². The zero-order chi connectivity index (χ0) is 35.5. The standard InChI is InChI=1S/C52H49N/c1-49(2)24-25-50(3,4)45-28-35(18-23-43(45)49)33-16-19-37(20-17-33)53(46-15-9-11-34-10-5-6-12-39(34)46)38-21-22-41-40-13-7-8-14-42(40)52(44(41)30-38)47-27-32-26-36-29-48(52)51(36,47)31-32/h5-23,28,30,32,36,47-48H,24-27,29,31H2,1-4H3. The number of benzene rings is 6. The molecule has 6 unspecified atom stereocenters. The Morgan fingerprint density at radius 2 is 1.23 bits per heavy atom. The summed E-state index contributed by atoms with van der Waals surface area (Å²) in [6.07, 6.45) is 8.33. The lowest BCUT2D eigenvalue weighted by atomic mass is 9.27. The first-order valence-corrected chi connectivity index (χ1v) is 20.5. The van der Waals surface area contributed by atoms with Crippen molar-refractivity contribution in [2.45, 2.75) is 82.5 Å². The number of hydrogen-bond donors (Lipinski definition) is 0. The van der Waals surface area contributed by atoms with Crippen LogP contribution in [0.4, 0.5) is 17.1 Å². The second kappa shape index (κ2) is 10.1. The van der Waals surface area contributed by atoms with Crippen LogP contribution in [0.15, 0.2) is 127 Å². The maximum atomic E-state index is 2.64. The van der Waals surface area contributed by atoms with E-state index in [4.69, 9.17) is 0 Å². The third-order valence-corrected chi connectivity index (χ3v) is 16.2. The fourth-order valence-corrected chi connectivity index (χ4v) is 13.9. The van der Waals surface area contributed by atoms with Crippen LogP contribution in [-0.4, -0.2) is 0 Å². The van der Waals surface area contributed by atoms with E-state index >= 15 is 0 Å². The summed E-state index contributed by atoms with van der Waals surface area (Å²) in [4.78, 5) is 2.56. The molecule has 6 atom stereocenters. The van der Waals surface area contributed by atoms with E-state index in [1.165, 1.54) is 99.7 Å². The van der Waals surface area contributed by atoms with Crippen LogP contribution in [0.2, 0.25) is 0 Å². The second-order valence-corrected chi connectivity index (χ2v) is 19.2. The molecule has 4 fully saturated rings. The Morgan fingerprint density at radius 3 is 2.08 bits per heavy atom. The summed E-state index contributed by atoms with van der Waals surface area (Å²) < 4.78 is 0. The summed E-state index contributed by atoms with van der Waals surface area (Å²) in [5.41, 5.74) is 16.8. The molecule has 0 heterocycles. The topological polar surface area (TPSA) is 3.24 Å². The quantitative estimate of drug-likeness (QED) is 0.178. The van der Waals surface area contributed by atoms with E-state index in [1.54, 1.807) is 11.1 Å². The fraction of sp³-hybridized carbons (Fsp3) is 0.346. The smallest absolute Gasteiger partial charge is 0.0540 e. The summed E-state index contributed by atoms with van der Waals surface area (Å²) in [6, 6.07) is 49.5. The van der Waals surface area contributed by atoms with E-state index in [0.717, 1.165) is 23.7 Å². The van der Waals surface area contributed by atoms with Gasteiger partial charge < -0.3 is 4.90 Å². The van der Waals surface area contributed by atoms with Crippen molar-refractivity contribution in [3.63, 3.8) is 0 Å². The van der Waals surface area contributed by atoms with Crippen molar-refractivity contribution in [2.24, 2.45) is 29.1 Å². The Kier molecular flexibility index (Phi) is 5.88. The number of hydrogen-bond acceptors (Lipinski definition) is 1. The van der Waals surface area contributed by atoms with Gasteiger partial charge in [0.05, 0.1) is 5.69 Å². The summed E-state index contributed by atoms with van der Waals surface area (Å²) in [5.74, 6) is 3.53. The van der Waals surface area contributed by atoms with Crippen molar-refractivity contribution < 1.29 is 0 Å². The Hall–Kier alpha value is -4.62. The molecule has 2 bridgehead atoms.